The lowest BCUT2D eigenvalue weighted by atomic mass is 9.99. The Balaban J connectivity index is 1.72. The Bertz CT molecular complexity index is 1310. The van der Waals surface area contributed by atoms with Crippen LogP contribution in [0, 0.1) is 20.8 Å². The number of aromatic nitrogens is 3. The first-order chi connectivity index (χ1) is 19.2. The van der Waals surface area contributed by atoms with Crippen LogP contribution in [0.15, 0.2) is 22.7 Å². The molecule has 4 rings (SSSR count). The molecule has 1 amide bonds. The smallest absolute Gasteiger partial charge is 0.409 e. The van der Waals surface area contributed by atoms with E-state index in [4.69, 9.17) is 40.3 Å². The Morgan fingerprint density at radius 1 is 1.30 bits per heavy atom. The van der Waals surface area contributed by atoms with Crippen molar-refractivity contribution in [3.63, 3.8) is 0 Å². The first-order valence-corrected chi connectivity index (χ1v) is 13.6. The molecule has 1 aromatic carbocycles. The van der Waals surface area contributed by atoms with Gasteiger partial charge in [0.1, 0.15) is 24.2 Å². The molecule has 0 unspecified atom stereocenters. The summed E-state index contributed by atoms with van der Waals surface area (Å²) >= 11 is 6.64. The number of aryl methyl sites for hydroxylation is 3. The van der Waals surface area contributed by atoms with Crippen LogP contribution in [-0.2, 0) is 15.9 Å². The van der Waals surface area contributed by atoms with Crippen molar-refractivity contribution in [2.24, 2.45) is 0 Å². The molecule has 1 fully saturated rings. The highest BCUT2D eigenvalue weighted by molar-refractivity contribution is 6.33. The van der Waals surface area contributed by atoms with Gasteiger partial charge in [-0.05, 0) is 64.4 Å². The highest BCUT2D eigenvalue weighted by atomic mass is 35.5. The molecule has 0 radical (unpaired) electrons. The van der Waals surface area contributed by atoms with Gasteiger partial charge in [0.25, 0.3) is 0 Å². The van der Waals surface area contributed by atoms with Gasteiger partial charge in [-0.2, -0.15) is 0 Å². The van der Waals surface area contributed by atoms with Gasteiger partial charge in [0.05, 0.1) is 48.3 Å². The average Bonchev–Trinajstić information content (AvgIpc) is 3.29. The number of amides is 1. The van der Waals surface area contributed by atoms with Crippen LogP contribution in [0.1, 0.15) is 29.1 Å². The van der Waals surface area contributed by atoms with E-state index in [0.29, 0.717) is 72.8 Å². The number of aliphatic hydroxyl groups is 1. The number of nitrogens with one attached hydrogen (secondary N) is 1. The maximum Gasteiger partial charge on any atom is 0.409 e. The molecule has 12 heteroatoms. The van der Waals surface area contributed by atoms with Crippen molar-refractivity contribution in [3.8, 4) is 28.4 Å². The van der Waals surface area contributed by atoms with Gasteiger partial charge in [-0.1, -0.05) is 16.8 Å². The minimum absolute atomic E-state index is 0.117. The predicted molar refractivity (Wildman–Crippen MR) is 150 cm³/mol. The summed E-state index contributed by atoms with van der Waals surface area (Å²) in [4.78, 5) is 23.9. The Labute approximate surface area is 238 Å². The molecule has 0 saturated carbocycles. The third-order valence-electron chi connectivity index (χ3n) is 6.93. The molecule has 1 saturated heterocycles. The predicted octanol–water partition coefficient (Wildman–Crippen LogP) is 3.74. The number of ether oxygens (including phenoxy) is 3. The summed E-state index contributed by atoms with van der Waals surface area (Å²) in [5, 5.41) is 17.6. The van der Waals surface area contributed by atoms with Crippen LogP contribution in [0.25, 0.3) is 22.6 Å². The molecule has 1 aliphatic rings. The van der Waals surface area contributed by atoms with Gasteiger partial charge in [0.15, 0.2) is 5.82 Å². The molecule has 0 spiro atoms. The van der Waals surface area contributed by atoms with Crippen LogP contribution in [-0.4, -0.2) is 90.4 Å². The number of nitrogens with zero attached hydrogens (tertiary/aromatic N) is 4. The second-order valence-electron chi connectivity index (χ2n) is 9.76. The average molecular weight is 574 g/mol. The molecule has 2 atom stereocenters. The number of carbonyl (C=O) groups is 1. The fraction of sp³-hybridized carbons (Fsp3) is 0.500. The zero-order valence-corrected chi connectivity index (χ0v) is 24.2. The number of rotatable bonds is 10. The normalized spacial score (nSPS) is 16.2. The molecule has 216 valence electrons. The van der Waals surface area contributed by atoms with Crippen LogP contribution < -0.4 is 10.1 Å². The first-order valence-electron chi connectivity index (χ1n) is 13.2. The number of morpholine rings is 1. The number of carbonyl (C=O) groups excluding carboxylic acids is 1. The van der Waals surface area contributed by atoms with E-state index in [9.17, 15) is 9.90 Å². The topological polar surface area (TPSA) is 132 Å². The van der Waals surface area contributed by atoms with Crippen molar-refractivity contribution in [1.82, 2.24) is 25.3 Å². The molecule has 2 N–H and O–H groups in total. The van der Waals surface area contributed by atoms with E-state index in [1.54, 1.807) is 30.1 Å². The molecule has 11 nitrogen and oxygen atoms in total. The largest absolute Gasteiger partial charge is 0.491 e. The van der Waals surface area contributed by atoms with Crippen molar-refractivity contribution in [3.05, 3.63) is 45.9 Å². The van der Waals surface area contributed by atoms with E-state index < -0.39 is 6.10 Å². The van der Waals surface area contributed by atoms with Gasteiger partial charge in [0, 0.05) is 24.3 Å². The fourth-order valence-corrected chi connectivity index (χ4v) is 5.00. The van der Waals surface area contributed by atoms with E-state index >= 15 is 0 Å². The summed E-state index contributed by atoms with van der Waals surface area (Å²) < 4.78 is 21.9. The second kappa shape index (κ2) is 13.4. The maximum atomic E-state index is 12.3. The molecule has 3 heterocycles. The lowest BCUT2D eigenvalue weighted by molar-refractivity contribution is -0.00687. The Kier molecular flexibility index (Phi) is 9.96. The third-order valence-corrected chi connectivity index (χ3v) is 7.26. The van der Waals surface area contributed by atoms with Crippen molar-refractivity contribution in [2.75, 3.05) is 47.1 Å². The van der Waals surface area contributed by atoms with Crippen molar-refractivity contribution in [1.29, 1.82) is 0 Å². The van der Waals surface area contributed by atoms with Crippen LogP contribution in [0.5, 0.6) is 5.75 Å². The number of hydrogen-bond acceptors (Lipinski definition) is 10. The number of likely N-dealkylation sites (N-methyl/N-ethyl adjacent to an activating group) is 1. The molecular formula is C28H36ClN5O6. The third kappa shape index (κ3) is 6.72. The highest BCUT2D eigenvalue weighted by Crippen LogP contribution is 2.35. The quantitative estimate of drug-likeness (QED) is 0.369. The zero-order valence-electron chi connectivity index (χ0n) is 23.5. The van der Waals surface area contributed by atoms with E-state index in [-0.39, 0.29) is 18.7 Å². The molecule has 3 aromatic rings. The number of benzene rings is 1. The van der Waals surface area contributed by atoms with Gasteiger partial charge in [-0.3, -0.25) is 0 Å². The van der Waals surface area contributed by atoms with E-state index in [1.807, 2.05) is 20.8 Å². The van der Waals surface area contributed by atoms with E-state index in [2.05, 4.69) is 10.5 Å². The summed E-state index contributed by atoms with van der Waals surface area (Å²) in [6, 6.07) is 5.09. The number of aliphatic hydroxyl groups excluding tert-OH is 1. The van der Waals surface area contributed by atoms with Gasteiger partial charge in [0.2, 0.25) is 0 Å². The summed E-state index contributed by atoms with van der Waals surface area (Å²) in [5.74, 6) is 1.61. The maximum absolute atomic E-state index is 12.3. The lowest BCUT2D eigenvalue weighted by Gasteiger charge is -2.34. The molecule has 2 aromatic heterocycles. The number of hydrogen-bond donors (Lipinski definition) is 2. The Hall–Kier alpha value is -3.25. The second-order valence-corrected chi connectivity index (χ2v) is 10.2. The van der Waals surface area contributed by atoms with Gasteiger partial charge in [-0.15, -0.1) is 0 Å². The molecule has 1 aliphatic heterocycles. The first kappa shape index (κ1) is 29.7. The standard InChI is InChI=1S/C28H36ClN5O6/c1-16-24(9-6-19-14-38-11-10-34(19)28(36)37-5)31-27(32-26(16)25-17(2)33-40-18(25)3)22-12-21(7-8-23(22)29)39-15-20(35)13-30-4/h7-8,12,19-20,30,35H,6,9-11,13-15H2,1-5H3/t19-,20-/m0/s1. The Morgan fingerprint density at radius 2 is 2.10 bits per heavy atom. The summed E-state index contributed by atoms with van der Waals surface area (Å²) in [6.45, 7) is 7.59. The van der Waals surface area contributed by atoms with Crippen molar-refractivity contribution in [2.45, 2.75) is 45.8 Å². The molecule has 0 bridgehead atoms. The molecular weight excluding hydrogens is 538 g/mol. The van der Waals surface area contributed by atoms with Crippen LogP contribution in [0.2, 0.25) is 5.02 Å². The van der Waals surface area contributed by atoms with Gasteiger partial charge >= 0.3 is 6.09 Å². The van der Waals surface area contributed by atoms with Crippen molar-refractivity contribution < 1.29 is 28.6 Å². The summed E-state index contributed by atoms with van der Waals surface area (Å²) in [7, 11) is 3.15. The number of halogens is 1. The van der Waals surface area contributed by atoms with Gasteiger partial charge < -0.3 is 34.1 Å². The number of methoxy groups -OCH3 is 1. The highest BCUT2D eigenvalue weighted by Gasteiger charge is 2.29. The monoisotopic (exact) mass is 573 g/mol. The lowest BCUT2D eigenvalue weighted by Crippen LogP contribution is -2.48. The fourth-order valence-electron chi connectivity index (χ4n) is 4.80. The minimum atomic E-state index is -0.661. The van der Waals surface area contributed by atoms with Crippen LogP contribution in [0.3, 0.4) is 0 Å². The Morgan fingerprint density at radius 3 is 2.80 bits per heavy atom. The summed E-state index contributed by atoms with van der Waals surface area (Å²) in [5.41, 5.74) is 4.51. The summed E-state index contributed by atoms with van der Waals surface area (Å²) in [6.07, 6.45) is 0.149. The molecule has 40 heavy (non-hydrogen) atoms. The zero-order chi connectivity index (χ0) is 28.8. The SMILES string of the molecule is CNC[C@H](O)COc1ccc(Cl)c(-c2nc(CC[C@H]3COCCN3C(=O)OC)c(C)c(-c3c(C)noc3C)n2)c1. The van der Waals surface area contributed by atoms with Gasteiger partial charge in [-0.25, -0.2) is 14.8 Å². The van der Waals surface area contributed by atoms with E-state index in [1.165, 1.54) is 7.11 Å². The van der Waals surface area contributed by atoms with E-state index in [0.717, 1.165) is 22.5 Å². The van der Waals surface area contributed by atoms with Crippen molar-refractivity contribution >= 4 is 17.7 Å². The van der Waals surface area contributed by atoms with Crippen LogP contribution >= 0.6 is 11.6 Å². The molecule has 0 aliphatic carbocycles. The van der Waals surface area contributed by atoms with Crippen LogP contribution in [0.4, 0.5) is 4.79 Å². The minimum Gasteiger partial charge on any atom is -0.491 e.